The van der Waals surface area contributed by atoms with Crippen molar-refractivity contribution >= 4 is 17.7 Å². The molecular weight excluding hydrogens is 522 g/mol. The monoisotopic (exact) mass is 555 g/mol. The molecule has 212 valence electrons. The Morgan fingerprint density at radius 2 is 1.83 bits per heavy atom. The fourth-order valence-electron chi connectivity index (χ4n) is 5.37. The highest BCUT2D eigenvalue weighted by molar-refractivity contribution is 5.98. The van der Waals surface area contributed by atoms with Gasteiger partial charge in [0, 0.05) is 31.5 Å². The number of aromatic nitrogens is 6. The maximum atomic E-state index is 13.1. The summed E-state index contributed by atoms with van der Waals surface area (Å²) >= 11 is 0. The molecule has 0 spiro atoms. The van der Waals surface area contributed by atoms with Crippen molar-refractivity contribution in [2.45, 2.75) is 58.5 Å². The molecule has 0 fully saturated rings. The summed E-state index contributed by atoms with van der Waals surface area (Å²) in [6, 6.07) is 15.1. The van der Waals surface area contributed by atoms with Crippen molar-refractivity contribution in [3.8, 4) is 22.5 Å². The number of methoxy groups -OCH3 is 1. The molecule has 0 aliphatic carbocycles. The average molecular weight is 556 g/mol. The van der Waals surface area contributed by atoms with E-state index in [1.165, 1.54) is 18.9 Å². The van der Waals surface area contributed by atoms with Crippen molar-refractivity contribution in [1.29, 1.82) is 0 Å². The highest BCUT2D eigenvalue weighted by Gasteiger charge is 2.41. The van der Waals surface area contributed by atoms with Crippen LogP contribution < -0.4 is 0 Å². The summed E-state index contributed by atoms with van der Waals surface area (Å²) in [7, 11) is 1.31. The summed E-state index contributed by atoms with van der Waals surface area (Å²) < 4.78 is 7.22. The Morgan fingerprint density at radius 1 is 1.07 bits per heavy atom. The summed E-state index contributed by atoms with van der Waals surface area (Å²) in [6.45, 7) is 4.27. The number of rotatable bonds is 10. The Labute approximate surface area is 237 Å². The lowest BCUT2D eigenvalue weighted by atomic mass is 9.98. The van der Waals surface area contributed by atoms with E-state index >= 15 is 0 Å². The Morgan fingerprint density at radius 3 is 2.49 bits per heavy atom. The first kappa shape index (κ1) is 27.9. The quantitative estimate of drug-likeness (QED) is 0.231. The van der Waals surface area contributed by atoms with E-state index < -0.39 is 12.0 Å². The number of fused-ring (bicyclic) bond motifs is 1. The minimum Gasteiger partial charge on any atom is -0.467 e. The number of hydrogen-bond acceptors (Lipinski definition) is 8. The van der Waals surface area contributed by atoms with E-state index in [0.717, 1.165) is 53.0 Å². The number of esters is 1. The third-order valence-electron chi connectivity index (χ3n) is 7.34. The van der Waals surface area contributed by atoms with Gasteiger partial charge in [-0.25, -0.2) is 9.78 Å². The van der Waals surface area contributed by atoms with Crippen LogP contribution in [-0.4, -0.2) is 66.4 Å². The van der Waals surface area contributed by atoms with Gasteiger partial charge in [-0.05, 0) is 35.2 Å². The number of tetrazole rings is 1. The lowest BCUT2D eigenvalue weighted by molar-refractivity contribution is -0.154. The number of carbonyl (C=O) groups excluding carboxylic acids is 3. The van der Waals surface area contributed by atoms with Gasteiger partial charge in [0.15, 0.2) is 6.04 Å². The van der Waals surface area contributed by atoms with Gasteiger partial charge >= 0.3 is 5.97 Å². The van der Waals surface area contributed by atoms with Crippen LogP contribution in [0.15, 0.2) is 48.5 Å². The molecule has 5 rings (SSSR count). The van der Waals surface area contributed by atoms with Crippen LogP contribution in [0.1, 0.15) is 61.9 Å². The molecule has 1 unspecified atom stereocenters. The van der Waals surface area contributed by atoms with Crippen LogP contribution in [0.3, 0.4) is 0 Å². The van der Waals surface area contributed by atoms with E-state index in [1.54, 1.807) is 0 Å². The minimum absolute atomic E-state index is 0.248. The molecule has 1 amide bonds. The third kappa shape index (κ3) is 5.79. The molecule has 1 aliphatic rings. The van der Waals surface area contributed by atoms with Crippen LogP contribution in [-0.2, 0) is 38.5 Å². The number of amides is 1. The van der Waals surface area contributed by atoms with Crippen molar-refractivity contribution < 1.29 is 19.1 Å². The number of carbonyl (C=O) groups is 3. The van der Waals surface area contributed by atoms with Crippen molar-refractivity contribution in [1.82, 2.24) is 35.1 Å². The van der Waals surface area contributed by atoms with Crippen LogP contribution in [0.25, 0.3) is 22.5 Å². The summed E-state index contributed by atoms with van der Waals surface area (Å²) in [6.07, 6.45) is 2.93. The maximum absolute atomic E-state index is 13.1. The van der Waals surface area contributed by atoms with E-state index in [9.17, 15) is 14.4 Å². The van der Waals surface area contributed by atoms with Gasteiger partial charge in [0.2, 0.25) is 11.7 Å². The molecule has 0 saturated heterocycles. The lowest BCUT2D eigenvalue weighted by Gasteiger charge is -2.34. The summed E-state index contributed by atoms with van der Waals surface area (Å²) in [4.78, 5) is 44.3. The summed E-state index contributed by atoms with van der Waals surface area (Å²) in [5.41, 5.74) is 5.33. The number of Topliss-reactive ketones (excluding diaryl/α,β-unsaturated/α-hetero) is 1. The van der Waals surface area contributed by atoms with Gasteiger partial charge in [0.05, 0.1) is 24.9 Å². The Kier molecular flexibility index (Phi) is 8.32. The minimum atomic E-state index is -0.959. The first-order valence-corrected chi connectivity index (χ1v) is 13.8. The molecule has 1 aliphatic heterocycles. The van der Waals surface area contributed by atoms with Crippen LogP contribution >= 0.6 is 0 Å². The second-order valence-electron chi connectivity index (χ2n) is 10.2. The second-order valence-corrected chi connectivity index (χ2v) is 10.2. The predicted octanol–water partition coefficient (Wildman–Crippen LogP) is 3.70. The number of imidazole rings is 1. The molecule has 1 N–H and O–H groups in total. The van der Waals surface area contributed by atoms with E-state index in [0.29, 0.717) is 31.0 Å². The van der Waals surface area contributed by atoms with Gasteiger partial charge < -0.3 is 14.2 Å². The first-order chi connectivity index (χ1) is 19.9. The second kappa shape index (κ2) is 12.2. The van der Waals surface area contributed by atoms with Gasteiger partial charge in [-0.15, -0.1) is 10.2 Å². The Balaban J connectivity index is 1.51. The fraction of sp³-hybridized carbons (Fsp3) is 0.367. The van der Waals surface area contributed by atoms with Gasteiger partial charge in [0.25, 0.3) is 0 Å². The number of unbranched alkanes of at least 4 members (excludes halogenated alkanes) is 1. The largest absolute Gasteiger partial charge is 0.467 e. The molecule has 11 heteroatoms. The number of H-pyrrole nitrogens is 1. The van der Waals surface area contributed by atoms with E-state index in [2.05, 4.69) is 32.1 Å². The smallest absolute Gasteiger partial charge is 0.334 e. The van der Waals surface area contributed by atoms with E-state index in [4.69, 9.17) is 9.72 Å². The van der Waals surface area contributed by atoms with Crippen LogP contribution in [0.5, 0.6) is 0 Å². The van der Waals surface area contributed by atoms with E-state index in [-0.39, 0.29) is 18.1 Å². The number of nitrogens with zero attached hydrogens (tertiary/aromatic N) is 6. The molecule has 2 aromatic heterocycles. The molecule has 0 saturated carbocycles. The molecule has 11 nitrogen and oxygen atoms in total. The zero-order valence-electron chi connectivity index (χ0n) is 23.5. The predicted molar refractivity (Wildman–Crippen MR) is 150 cm³/mol. The highest BCUT2D eigenvalue weighted by Crippen LogP contribution is 2.34. The standard InChI is InChI=1S/C30H33N7O4/c1-4-5-10-25-31-24-15-16-36(26(39)17-19(2)38)28(30(40)41-3)27(24)37(25)18-20-11-13-21(14-12-20)22-8-6-7-9-23(22)29-32-34-35-33-29/h6-9,11-14,28H,4-5,10,15-18H2,1-3H3,(H,32,33,34,35). The first-order valence-electron chi connectivity index (χ1n) is 13.8. The maximum Gasteiger partial charge on any atom is 0.334 e. The van der Waals surface area contributed by atoms with Crippen molar-refractivity contribution in [2.24, 2.45) is 0 Å². The van der Waals surface area contributed by atoms with E-state index in [1.807, 2.05) is 48.5 Å². The van der Waals surface area contributed by atoms with Gasteiger partial charge in [-0.2, -0.15) is 5.21 Å². The SMILES string of the molecule is CCCCc1nc2c(n1Cc1ccc(-c3ccccc3-c3nn[nH]n3)cc1)C(C(=O)OC)N(C(=O)CC(C)=O)CC2. The number of nitrogens with one attached hydrogen (secondary N) is 1. The third-order valence-corrected chi connectivity index (χ3v) is 7.34. The topological polar surface area (TPSA) is 136 Å². The van der Waals surface area contributed by atoms with Gasteiger partial charge in [0.1, 0.15) is 11.6 Å². The van der Waals surface area contributed by atoms with Crippen LogP contribution in [0.4, 0.5) is 0 Å². The zero-order valence-corrected chi connectivity index (χ0v) is 23.5. The highest BCUT2D eigenvalue weighted by atomic mass is 16.5. The molecule has 0 bridgehead atoms. The Hall–Kier alpha value is -4.67. The number of aryl methyl sites for hydroxylation is 1. The molecule has 1 atom stereocenters. The summed E-state index contributed by atoms with van der Waals surface area (Å²) in [5, 5.41) is 14.5. The molecule has 2 aromatic carbocycles. The van der Waals surface area contributed by atoms with Gasteiger partial charge in [-0.1, -0.05) is 61.9 Å². The molecular formula is C30H33N7O4. The molecule has 0 radical (unpaired) electrons. The molecule has 3 heterocycles. The molecule has 41 heavy (non-hydrogen) atoms. The average Bonchev–Trinajstić information content (AvgIpc) is 3.64. The number of ketones is 1. The summed E-state index contributed by atoms with van der Waals surface area (Å²) in [5.74, 6) is 0.221. The van der Waals surface area contributed by atoms with Crippen molar-refractivity contribution in [3.63, 3.8) is 0 Å². The number of aromatic amines is 1. The van der Waals surface area contributed by atoms with Crippen LogP contribution in [0.2, 0.25) is 0 Å². The van der Waals surface area contributed by atoms with Crippen molar-refractivity contribution in [3.05, 3.63) is 71.3 Å². The van der Waals surface area contributed by atoms with Crippen molar-refractivity contribution in [2.75, 3.05) is 13.7 Å². The van der Waals surface area contributed by atoms with Gasteiger partial charge in [-0.3, -0.25) is 9.59 Å². The number of ether oxygens (including phenoxy) is 1. The zero-order chi connectivity index (χ0) is 28.9. The fourth-order valence-corrected chi connectivity index (χ4v) is 5.37. The van der Waals surface area contributed by atoms with Crippen LogP contribution in [0, 0.1) is 0 Å². The molecule has 4 aromatic rings. The number of benzene rings is 2. The normalized spacial score (nSPS) is 14.5. The Bertz CT molecular complexity index is 1540. The number of hydrogen-bond donors (Lipinski definition) is 1. The lowest BCUT2D eigenvalue weighted by Crippen LogP contribution is -2.45.